The second-order valence-corrected chi connectivity index (χ2v) is 7.51. The standard InChI is InChI=1S/C12H20N2O3S/c1-10(2)7-18(16,17)8-11(15)14-12(9-13)5-3-4-6-12/h10H,3-8H2,1-2H3,(H,14,15). The first-order valence-corrected chi connectivity index (χ1v) is 8.03. The molecule has 1 rings (SSSR count). The highest BCUT2D eigenvalue weighted by Crippen LogP contribution is 2.28. The molecule has 1 aliphatic rings. The third kappa shape index (κ3) is 4.30. The summed E-state index contributed by atoms with van der Waals surface area (Å²) in [5.74, 6) is -1.08. The van der Waals surface area contributed by atoms with Crippen molar-refractivity contribution in [2.75, 3.05) is 11.5 Å². The van der Waals surface area contributed by atoms with E-state index in [0.29, 0.717) is 12.8 Å². The number of nitrogens with zero attached hydrogens (tertiary/aromatic N) is 1. The number of rotatable bonds is 5. The normalized spacial score (nSPS) is 18.6. The van der Waals surface area contributed by atoms with Crippen molar-refractivity contribution in [2.45, 2.75) is 45.1 Å². The number of amides is 1. The molecule has 5 nitrogen and oxygen atoms in total. The van der Waals surface area contributed by atoms with Crippen LogP contribution in [0.1, 0.15) is 39.5 Å². The Morgan fingerprint density at radius 3 is 2.39 bits per heavy atom. The van der Waals surface area contributed by atoms with E-state index in [9.17, 15) is 13.2 Å². The summed E-state index contributed by atoms with van der Waals surface area (Å²) in [4.78, 5) is 11.7. The summed E-state index contributed by atoms with van der Waals surface area (Å²) in [5.41, 5.74) is -0.843. The van der Waals surface area contributed by atoms with E-state index in [-0.39, 0.29) is 11.7 Å². The fraction of sp³-hybridized carbons (Fsp3) is 0.833. The molecule has 6 heteroatoms. The predicted molar refractivity (Wildman–Crippen MR) is 68.4 cm³/mol. The molecule has 0 atom stereocenters. The summed E-state index contributed by atoms with van der Waals surface area (Å²) in [5, 5.41) is 11.7. The van der Waals surface area contributed by atoms with Gasteiger partial charge in [-0.25, -0.2) is 8.42 Å². The van der Waals surface area contributed by atoms with Gasteiger partial charge in [0.25, 0.3) is 0 Å². The Kier molecular flexibility index (Phi) is 4.74. The summed E-state index contributed by atoms with van der Waals surface area (Å²) in [7, 11) is -3.38. The lowest BCUT2D eigenvalue weighted by Crippen LogP contribution is -2.47. The lowest BCUT2D eigenvalue weighted by molar-refractivity contribution is -0.119. The van der Waals surface area contributed by atoms with E-state index in [1.807, 2.05) is 0 Å². The van der Waals surface area contributed by atoms with Gasteiger partial charge < -0.3 is 5.32 Å². The second-order valence-electron chi connectivity index (χ2n) is 5.40. The molecule has 1 amide bonds. The molecule has 0 aromatic heterocycles. The van der Waals surface area contributed by atoms with Crippen molar-refractivity contribution in [3.63, 3.8) is 0 Å². The molecule has 0 saturated heterocycles. The van der Waals surface area contributed by atoms with Crippen LogP contribution >= 0.6 is 0 Å². The Hall–Kier alpha value is -1.09. The number of sulfone groups is 1. The second kappa shape index (κ2) is 5.70. The lowest BCUT2D eigenvalue weighted by Gasteiger charge is -2.21. The molecule has 0 heterocycles. The van der Waals surface area contributed by atoms with E-state index in [1.165, 1.54) is 0 Å². The zero-order chi connectivity index (χ0) is 13.8. The number of hydrogen-bond donors (Lipinski definition) is 1. The van der Waals surface area contributed by atoms with Crippen LogP contribution in [0.2, 0.25) is 0 Å². The largest absolute Gasteiger partial charge is 0.337 e. The van der Waals surface area contributed by atoms with Gasteiger partial charge in [-0.2, -0.15) is 5.26 Å². The minimum absolute atomic E-state index is 0.0000262. The van der Waals surface area contributed by atoms with Crippen molar-refractivity contribution in [2.24, 2.45) is 5.92 Å². The lowest BCUT2D eigenvalue weighted by atomic mass is 10.0. The molecule has 0 aromatic carbocycles. The Morgan fingerprint density at radius 2 is 1.94 bits per heavy atom. The molecular weight excluding hydrogens is 252 g/mol. The molecule has 0 bridgehead atoms. The van der Waals surface area contributed by atoms with Crippen molar-refractivity contribution in [1.82, 2.24) is 5.32 Å². The quantitative estimate of drug-likeness (QED) is 0.809. The summed E-state index contributed by atoms with van der Waals surface area (Å²) in [6.07, 6.45) is 3.01. The van der Waals surface area contributed by atoms with Crippen LogP contribution in [-0.4, -0.2) is 31.4 Å². The fourth-order valence-electron chi connectivity index (χ4n) is 2.31. The molecule has 102 valence electrons. The molecule has 0 aromatic rings. The van der Waals surface area contributed by atoms with Crippen LogP contribution < -0.4 is 5.32 Å². The van der Waals surface area contributed by atoms with Crippen molar-refractivity contribution in [3.8, 4) is 6.07 Å². The van der Waals surface area contributed by atoms with Crippen LogP contribution in [-0.2, 0) is 14.6 Å². The summed E-state index contributed by atoms with van der Waals surface area (Å²) in [6.45, 7) is 3.59. The van der Waals surface area contributed by atoms with Crippen molar-refractivity contribution in [3.05, 3.63) is 0 Å². The minimum Gasteiger partial charge on any atom is -0.337 e. The van der Waals surface area contributed by atoms with E-state index >= 15 is 0 Å². The number of hydrogen-bond acceptors (Lipinski definition) is 4. The predicted octanol–water partition coefficient (Wildman–Crippen LogP) is 1.01. The van der Waals surface area contributed by atoms with Gasteiger partial charge in [-0.3, -0.25) is 4.79 Å². The van der Waals surface area contributed by atoms with Gasteiger partial charge in [0.05, 0.1) is 11.8 Å². The fourth-order valence-corrected chi connectivity index (χ4v) is 3.92. The zero-order valence-corrected chi connectivity index (χ0v) is 11.7. The molecule has 1 fully saturated rings. The Morgan fingerprint density at radius 1 is 1.39 bits per heavy atom. The third-order valence-corrected chi connectivity index (χ3v) is 4.86. The van der Waals surface area contributed by atoms with Crippen LogP contribution in [0.25, 0.3) is 0 Å². The number of nitrogens with one attached hydrogen (secondary N) is 1. The van der Waals surface area contributed by atoms with E-state index < -0.39 is 27.0 Å². The van der Waals surface area contributed by atoms with Crippen molar-refractivity contribution < 1.29 is 13.2 Å². The number of nitriles is 1. The minimum atomic E-state index is -3.38. The maximum absolute atomic E-state index is 11.7. The molecular formula is C12H20N2O3S. The van der Waals surface area contributed by atoms with Gasteiger partial charge in [0.15, 0.2) is 9.84 Å². The summed E-state index contributed by atoms with van der Waals surface area (Å²) in [6, 6.07) is 2.11. The van der Waals surface area contributed by atoms with Gasteiger partial charge in [0.2, 0.25) is 5.91 Å². The van der Waals surface area contributed by atoms with Gasteiger partial charge in [-0.1, -0.05) is 13.8 Å². The summed E-state index contributed by atoms with van der Waals surface area (Å²) >= 11 is 0. The monoisotopic (exact) mass is 272 g/mol. The Balaban J connectivity index is 2.59. The van der Waals surface area contributed by atoms with Gasteiger partial charge in [0.1, 0.15) is 11.3 Å². The van der Waals surface area contributed by atoms with Crippen LogP contribution in [0.5, 0.6) is 0 Å². The molecule has 0 spiro atoms. The first kappa shape index (κ1) is 15.0. The van der Waals surface area contributed by atoms with Crippen LogP contribution in [0.4, 0.5) is 0 Å². The van der Waals surface area contributed by atoms with E-state index in [1.54, 1.807) is 13.8 Å². The average Bonchev–Trinajstić information content (AvgIpc) is 2.63. The molecule has 0 unspecified atom stereocenters. The van der Waals surface area contributed by atoms with Crippen molar-refractivity contribution >= 4 is 15.7 Å². The molecule has 1 aliphatic carbocycles. The van der Waals surface area contributed by atoms with Gasteiger partial charge in [0, 0.05) is 0 Å². The van der Waals surface area contributed by atoms with Gasteiger partial charge >= 0.3 is 0 Å². The molecule has 1 saturated carbocycles. The van der Waals surface area contributed by atoms with Gasteiger partial charge in [-0.15, -0.1) is 0 Å². The van der Waals surface area contributed by atoms with Crippen LogP contribution in [0.3, 0.4) is 0 Å². The highest BCUT2D eigenvalue weighted by molar-refractivity contribution is 7.92. The molecule has 1 N–H and O–H groups in total. The first-order chi connectivity index (χ1) is 8.29. The van der Waals surface area contributed by atoms with E-state index in [2.05, 4.69) is 11.4 Å². The topological polar surface area (TPSA) is 87.0 Å². The maximum atomic E-state index is 11.7. The average molecular weight is 272 g/mol. The van der Waals surface area contributed by atoms with Crippen LogP contribution in [0, 0.1) is 17.2 Å². The smallest absolute Gasteiger partial charge is 0.236 e. The Bertz CT molecular complexity index is 442. The number of carbonyl (C=O) groups excluding carboxylic acids is 1. The van der Waals surface area contributed by atoms with E-state index in [0.717, 1.165) is 12.8 Å². The van der Waals surface area contributed by atoms with Crippen LogP contribution in [0.15, 0.2) is 0 Å². The molecule has 0 radical (unpaired) electrons. The van der Waals surface area contributed by atoms with Crippen molar-refractivity contribution in [1.29, 1.82) is 5.26 Å². The van der Waals surface area contributed by atoms with Gasteiger partial charge in [-0.05, 0) is 31.6 Å². The molecule has 18 heavy (non-hydrogen) atoms. The summed E-state index contributed by atoms with van der Waals surface area (Å²) < 4.78 is 23.3. The SMILES string of the molecule is CC(C)CS(=O)(=O)CC(=O)NC1(C#N)CCCC1. The Labute approximate surface area is 108 Å². The molecule has 0 aliphatic heterocycles. The highest BCUT2D eigenvalue weighted by atomic mass is 32.2. The highest BCUT2D eigenvalue weighted by Gasteiger charge is 2.36. The third-order valence-electron chi connectivity index (χ3n) is 2.99. The number of carbonyl (C=O) groups is 1. The van der Waals surface area contributed by atoms with E-state index in [4.69, 9.17) is 5.26 Å². The maximum Gasteiger partial charge on any atom is 0.236 e. The zero-order valence-electron chi connectivity index (χ0n) is 10.9. The first-order valence-electron chi connectivity index (χ1n) is 6.21.